The molecule has 2 heterocycles. The second-order valence-corrected chi connectivity index (χ2v) is 5.55. The second-order valence-electron chi connectivity index (χ2n) is 2.67. The van der Waals surface area contributed by atoms with Crippen LogP contribution in [0, 0.1) is 3.57 Å². The van der Waals surface area contributed by atoms with Crippen molar-refractivity contribution in [3.63, 3.8) is 0 Å². The Morgan fingerprint density at radius 3 is 2.79 bits per heavy atom. The summed E-state index contributed by atoms with van der Waals surface area (Å²) in [6.07, 6.45) is 0.806. The molecule has 1 N–H and O–H groups in total. The molecule has 0 bridgehead atoms. The molecule has 14 heavy (non-hydrogen) atoms. The average molecular weight is 338 g/mol. The predicted molar refractivity (Wildman–Crippen MR) is 67.2 cm³/mol. The fraction of sp³-hybridized carbons (Fsp3) is 0. The molecule has 0 atom stereocenters. The van der Waals surface area contributed by atoms with Crippen molar-refractivity contribution in [2.24, 2.45) is 0 Å². The van der Waals surface area contributed by atoms with Gasteiger partial charge in [-0.3, -0.25) is 4.79 Å². The molecule has 0 spiro atoms. The number of aromatic amines is 1. The number of hydrogen-bond donors (Lipinski definition) is 1. The summed E-state index contributed by atoms with van der Waals surface area (Å²) in [7, 11) is 0. The Hall–Kier alpha value is -0.330. The van der Waals surface area contributed by atoms with Gasteiger partial charge in [-0.05, 0) is 40.8 Å². The van der Waals surface area contributed by atoms with E-state index < -0.39 is 0 Å². The van der Waals surface area contributed by atoms with Crippen LogP contribution >= 0.6 is 45.5 Å². The van der Waals surface area contributed by atoms with Gasteiger partial charge in [-0.15, -0.1) is 11.3 Å². The summed E-state index contributed by atoms with van der Waals surface area (Å²) < 4.78 is 1.78. The third-order valence-electron chi connectivity index (χ3n) is 1.74. The molecular weight excluding hydrogens is 333 g/mol. The predicted octanol–water partition coefficient (Wildman–Crippen LogP) is 3.81. The highest BCUT2D eigenvalue weighted by Crippen LogP contribution is 2.33. The number of halogens is 2. The first-order valence-corrected chi connectivity index (χ1v) is 6.07. The topological polar surface area (TPSA) is 32.9 Å². The molecule has 0 aromatic carbocycles. The zero-order chi connectivity index (χ0) is 10.1. The highest BCUT2D eigenvalue weighted by atomic mass is 127. The number of aldehydes is 1. The van der Waals surface area contributed by atoms with Gasteiger partial charge in [-0.2, -0.15) is 0 Å². The summed E-state index contributed by atoms with van der Waals surface area (Å²) >= 11 is 9.52. The van der Waals surface area contributed by atoms with E-state index >= 15 is 0 Å². The fourth-order valence-corrected chi connectivity index (χ4v) is 3.14. The SMILES string of the molecule is O=Cc1cc(I)c(-c2ccc(Cl)s2)[nH]1. The van der Waals surface area contributed by atoms with Gasteiger partial charge in [0.05, 0.1) is 20.6 Å². The number of carbonyl (C=O) groups is 1. The lowest BCUT2D eigenvalue weighted by Crippen LogP contribution is -1.77. The number of hydrogen-bond acceptors (Lipinski definition) is 2. The molecule has 0 aliphatic heterocycles. The lowest BCUT2D eigenvalue weighted by molar-refractivity contribution is 0.111. The number of nitrogens with one attached hydrogen (secondary N) is 1. The van der Waals surface area contributed by atoms with E-state index in [1.165, 1.54) is 11.3 Å². The molecule has 0 saturated heterocycles. The molecular formula is C9H5ClINOS. The van der Waals surface area contributed by atoms with Crippen LogP contribution in [0.15, 0.2) is 18.2 Å². The van der Waals surface area contributed by atoms with Gasteiger partial charge in [-0.1, -0.05) is 11.6 Å². The Morgan fingerprint density at radius 1 is 1.50 bits per heavy atom. The Bertz CT molecular complexity index is 477. The van der Waals surface area contributed by atoms with Gasteiger partial charge in [-0.25, -0.2) is 0 Å². The minimum absolute atomic E-state index is 0.592. The zero-order valence-electron chi connectivity index (χ0n) is 6.88. The van der Waals surface area contributed by atoms with E-state index in [0.717, 1.165) is 24.8 Å². The molecule has 0 aliphatic rings. The third-order valence-corrected chi connectivity index (χ3v) is 3.84. The molecule has 2 aromatic heterocycles. The van der Waals surface area contributed by atoms with Crippen LogP contribution in [0.1, 0.15) is 10.5 Å². The number of carbonyl (C=O) groups excluding carboxylic acids is 1. The van der Waals surface area contributed by atoms with Crippen molar-refractivity contribution in [3.8, 4) is 10.6 Å². The quantitative estimate of drug-likeness (QED) is 0.656. The molecule has 0 fully saturated rings. The number of rotatable bonds is 2. The van der Waals surface area contributed by atoms with E-state index in [-0.39, 0.29) is 0 Å². The first-order valence-electron chi connectivity index (χ1n) is 3.80. The smallest absolute Gasteiger partial charge is 0.166 e. The highest BCUT2D eigenvalue weighted by Gasteiger charge is 2.09. The van der Waals surface area contributed by atoms with Crippen LogP contribution in [0.3, 0.4) is 0 Å². The van der Waals surface area contributed by atoms with Gasteiger partial charge in [0.2, 0.25) is 0 Å². The average Bonchev–Trinajstić information content (AvgIpc) is 2.71. The molecule has 2 nitrogen and oxygen atoms in total. The van der Waals surface area contributed by atoms with E-state index in [1.54, 1.807) is 0 Å². The van der Waals surface area contributed by atoms with Crippen LogP contribution in [0.4, 0.5) is 0 Å². The Kier molecular flexibility index (Phi) is 2.94. The van der Waals surface area contributed by atoms with Crippen molar-refractivity contribution in [2.75, 3.05) is 0 Å². The van der Waals surface area contributed by atoms with Crippen LogP contribution in [0.25, 0.3) is 10.6 Å². The molecule has 0 unspecified atom stereocenters. The molecule has 0 saturated carbocycles. The van der Waals surface area contributed by atoms with Gasteiger partial charge in [0, 0.05) is 3.57 Å². The van der Waals surface area contributed by atoms with Gasteiger partial charge >= 0.3 is 0 Å². The maximum atomic E-state index is 10.6. The van der Waals surface area contributed by atoms with Crippen molar-refractivity contribution in [2.45, 2.75) is 0 Å². The van der Waals surface area contributed by atoms with E-state index in [1.807, 2.05) is 18.2 Å². The van der Waals surface area contributed by atoms with Crippen molar-refractivity contribution < 1.29 is 4.79 Å². The Balaban J connectivity index is 2.50. The summed E-state index contributed by atoms with van der Waals surface area (Å²) in [5, 5.41) is 0. The summed E-state index contributed by atoms with van der Waals surface area (Å²) in [4.78, 5) is 14.6. The van der Waals surface area contributed by atoms with Crippen LogP contribution in [-0.4, -0.2) is 11.3 Å². The minimum Gasteiger partial charge on any atom is -0.351 e. The molecule has 2 rings (SSSR count). The van der Waals surface area contributed by atoms with Crippen molar-refractivity contribution >= 4 is 51.8 Å². The first-order chi connectivity index (χ1) is 6.70. The van der Waals surface area contributed by atoms with E-state index in [4.69, 9.17) is 11.6 Å². The fourth-order valence-electron chi connectivity index (χ4n) is 1.14. The first kappa shape index (κ1) is 10.2. The summed E-state index contributed by atoms with van der Waals surface area (Å²) in [5.41, 5.74) is 1.55. The molecule has 0 amide bonds. The molecule has 0 radical (unpaired) electrons. The largest absolute Gasteiger partial charge is 0.351 e. The Morgan fingerprint density at radius 2 is 2.29 bits per heavy atom. The summed E-state index contributed by atoms with van der Waals surface area (Å²) in [6, 6.07) is 5.60. The van der Waals surface area contributed by atoms with E-state index in [9.17, 15) is 4.79 Å². The van der Waals surface area contributed by atoms with Gasteiger partial charge in [0.1, 0.15) is 0 Å². The van der Waals surface area contributed by atoms with Gasteiger partial charge < -0.3 is 4.98 Å². The number of thiophene rings is 1. The normalized spacial score (nSPS) is 10.4. The number of H-pyrrole nitrogens is 1. The van der Waals surface area contributed by atoms with Crippen molar-refractivity contribution in [1.82, 2.24) is 4.98 Å². The second kappa shape index (κ2) is 4.04. The minimum atomic E-state index is 0.592. The van der Waals surface area contributed by atoms with Crippen LogP contribution in [0.2, 0.25) is 4.34 Å². The maximum Gasteiger partial charge on any atom is 0.166 e. The van der Waals surface area contributed by atoms with Crippen LogP contribution in [-0.2, 0) is 0 Å². The molecule has 5 heteroatoms. The molecule has 2 aromatic rings. The zero-order valence-corrected chi connectivity index (χ0v) is 10.6. The maximum absolute atomic E-state index is 10.6. The van der Waals surface area contributed by atoms with Gasteiger partial charge in [0.15, 0.2) is 6.29 Å². The highest BCUT2D eigenvalue weighted by molar-refractivity contribution is 14.1. The monoisotopic (exact) mass is 337 g/mol. The van der Waals surface area contributed by atoms with Crippen LogP contribution in [0.5, 0.6) is 0 Å². The molecule has 72 valence electrons. The number of aromatic nitrogens is 1. The van der Waals surface area contributed by atoms with Crippen LogP contribution < -0.4 is 0 Å². The van der Waals surface area contributed by atoms with Gasteiger partial charge in [0.25, 0.3) is 0 Å². The summed E-state index contributed by atoms with van der Waals surface area (Å²) in [5.74, 6) is 0. The van der Waals surface area contributed by atoms with Crippen molar-refractivity contribution in [3.05, 3.63) is 31.8 Å². The Labute approximate surface area is 103 Å². The van der Waals surface area contributed by atoms with Crippen molar-refractivity contribution in [1.29, 1.82) is 0 Å². The lowest BCUT2D eigenvalue weighted by atomic mass is 10.3. The van der Waals surface area contributed by atoms with E-state index in [0.29, 0.717) is 5.69 Å². The molecule has 0 aliphatic carbocycles. The van der Waals surface area contributed by atoms with E-state index in [2.05, 4.69) is 27.6 Å². The standard InChI is InChI=1S/C9H5ClINOS/c10-8-2-1-7(14-8)9-6(11)3-5(4-13)12-9/h1-4,12H. The third kappa shape index (κ3) is 1.87. The summed E-state index contributed by atoms with van der Waals surface area (Å²) in [6.45, 7) is 0. The lowest BCUT2D eigenvalue weighted by Gasteiger charge is -1.92.